The molecule has 0 saturated carbocycles. The van der Waals surface area contributed by atoms with E-state index in [-0.39, 0.29) is 0 Å². The highest BCUT2D eigenvalue weighted by molar-refractivity contribution is 7.16. The topological polar surface area (TPSA) is 77.8 Å². The summed E-state index contributed by atoms with van der Waals surface area (Å²) in [5.74, 6) is 1.05. The van der Waals surface area contributed by atoms with Crippen LogP contribution >= 0.6 is 11.3 Å². The zero-order chi connectivity index (χ0) is 15.0. The Hall–Kier alpha value is -2.21. The molecule has 0 spiro atoms. The van der Waals surface area contributed by atoms with Crippen molar-refractivity contribution in [3.63, 3.8) is 0 Å². The van der Waals surface area contributed by atoms with E-state index in [9.17, 15) is 0 Å². The zero-order valence-electron chi connectivity index (χ0n) is 12.2. The van der Waals surface area contributed by atoms with Crippen LogP contribution in [-0.4, -0.2) is 15.1 Å². The first-order valence-electron chi connectivity index (χ1n) is 6.74. The monoisotopic (exact) mass is 300 g/mol. The standard InChI is InChI=1S/C15H16N4OS/c1-4-10-7-17-6-5-11(10)14-18-15(20-19-14)12-8(2)9(3)21-13(12)16/h5-7H,4,16H2,1-3H3. The van der Waals surface area contributed by atoms with Crippen molar-refractivity contribution in [2.75, 3.05) is 5.73 Å². The Morgan fingerprint density at radius 2 is 2.14 bits per heavy atom. The van der Waals surface area contributed by atoms with Gasteiger partial charge in [-0.15, -0.1) is 11.3 Å². The number of hydrogen-bond acceptors (Lipinski definition) is 6. The minimum atomic E-state index is 0.475. The lowest BCUT2D eigenvalue weighted by molar-refractivity contribution is 0.432. The van der Waals surface area contributed by atoms with E-state index in [0.717, 1.165) is 28.7 Å². The van der Waals surface area contributed by atoms with E-state index in [1.54, 1.807) is 17.5 Å². The van der Waals surface area contributed by atoms with Crippen molar-refractivity contribution in [3.8, 4) is 22.8 Å². The van der Waals surface area contributed by atoms with Crippen LogP contribution in [0, 0.1) is 13.8 Å². The molecular weight excluding hydrogens is 284 g/mol. The molecule has 21 heavy (non-hydrogen) atoms. The molecule has 0 aliphatic heterocycles. The van der Waals surface area contributed by atoms with Gasteiger partial charge in [-0.3, -0.25) is 4.98 Å². The fourth-order valence-corrected chi connectivity index (χ4v) is 3.21. The number of hydrogen-bond donors (Lipinski definition) is 1. The third-order valence-corrected chi connectivity index (χ3v) is 4.61. The lowest BCUT2D eigenvalue weighted by atomic mass is 10.1. The normalized spacial score (nSPS) is 11.0. The lowest BCUT2D eigenvalue weighted by Crippen LogP contribution is -1.91. The number of rotatable bonds is 3. The van der Waals surface area contributed by atoms with Gasteiger partial charge in [0.05, 0.1) is 10.6 Å². The minimum Gasteiger partial charge on any atom is -0.390 e. The van der Waals surface area contributed by atoms with Gasteiger partial charge in [0, 0.05) is 22.8 Å². The van der Waals surface area contributed by atoms with E-state index < -0.39 is 0 Å². The molecule has 0 aliphatic carbocycles. The molecule has 0 unspecified atom stereocenters. The molecule has 0 amide bonds. The van der Waals surface area contributed by atoms with E-state index in [1.807, 2.05) is 26.1 Å². The molecule has 2 N–H and O–H groups in total. The Morgan fingerprint density at radius 3 is 2.81 bits per heavy atom. The highest BCUT2D eigenvalue weighted by Gasteiger charge is 2.19. The van der Waals surface area contributed by atoms with E-state index in [0.29, 0.717) is 16.7 Å². The average molecular weight is 300 g/mol. The first kappa shape index (κ1) is 13.8. The lowest BCUT2D eigenvalue weighted by Gasteiger charge is -2.01. The van der Waals surface area contributed by atoms with E-state index in [2.05, 4.69) is 22.0 Å². The maximum atomic E-state index is 6.06. The van der Waals surface area contributed by atoms with Crippen molar-refractivity contribution in [1.82, 2.24) is 15.1 Å². The van der Waals surface area contributed by atoms with Crippen molar-refractivity contribution in [2.45, 2.75) is 27.2 Å². The van der Waals surface area contributed by atoms with Crippen molar-refractivity contribution < 1.29 is 4.52 Å². The number of nitrogens with two attached hydrogens (primary N) is 1. The first-order chi connectivity index (χ1) is 10.1. The quantitative estimate of drug-likeness (QED) is 0.799. The number of aromatic nitrogens is 3. The number of thiophene rings is 1. The second-order valence-electron chi connectivity index (χ2n) is 4.83. The number of nitrogen functional groups attached to an aromatic ring is 1. The highest BCUT2D eigenvalue weighted by Crippen LogP contribution is 2.37. The third kappa shape index (κ3) is 2.31. The van der Waals surface area contributed by atoms with Crippen LogP contribution < -0.4 is 5.73 Å². The number of anilines is 1. The second kappa shape index (κ2) is 5.29. The van der Waals surface area contributed by atoms with Gasteiger partial charge in [-0.1, -0.05) is 12.1 Å². The Balaban J connectivity index is 2.08. The average Bonchev–Trinajstić information content (AvgIpc) is 3.05. The molecule has 0 aliphatic rings. The van der Waals surface area contributed by atoms with Gasteiger partial charge in [0.1, 0.15) is 0 Å². The molecule has 6 heteroatoms. The summed E-state index contributed by atoms with van der Waals surface area (Å²) in [7, 11) is 0. The molecule has 3 aromatic heterocycles. The summed E-state index contributed by atoms with van der Waals surface area (Å²) in [6.45, 7) is 6.13. The summed E-state index contributed by atoms with van der Waals surface area (Å²) in [6.07, 6.45) is 4.43. The Morgan fingerprint density at radius 1 is 1.33 bits per heavy atom. The fraction of sp³-hybridized carbons (Fsp3) is 0.267. The van der Waals surface area contributed by atoms with E-state index in [1.165, 1.54) is 4.88 Å². The van der Waals surface area contributed by atoms with Crippen molar-refractivity contribution in [1.29, 1.82) is 0 Å². The molecule has 0 bridgehead atoms. The van der Waals surface area contributed by atoms with Gasteiger partial charge in [0.2, 0.25) is 5.82 Å². The van der Waals surface area contributed by atoms with Gasteiger partial charge in [-0.2, -0.15) is 4.98 Å². The molecule has 3 heterocycles. The van der Waals surface area contributed by atoms with Crippen LogP contribution in [0.25, 0.3) is 22.8 Å². The van der Waals surface area contributed by atoms with Gasteiger partial charge in [0.25, 0.3) is 5.89 Å². The van der Waals surface area contributed by atoms with Gasteiger partial charge in [0.15, 0.2) is 0 Å². The highest BCUT2D eigenvalue weighted by atomic mass is 32.1. The summed E-state index contributed by atoms with van der Waals surface area (Å²) >= 11 is 1.54. The largest absolute Gasteiger partial charge is 0.390 e. The van der Waals surface area contributed by atoms with Gasteiger partial charge >= 0.3 is 0 Å². The number of aryl methyl sites for hydroxylation is 2. The van der Waals surface area contributed by atoms with Crippen LogP contribution in [0.3, 0.4) is 0 Å². The molecule has 0 radical (unpaired) electrons. The number of pyridine rings is 1. The van der Waals surface area contributed by atoms with Crippen LogP contribution in [-0.2, 0) is 6.42 Å². The second-order valence-corrected chi connectivity index (χ2v) is 6.09. The van der Waals surface area contributed by atoms with E-state index >= 15 is 0 Å². The minimum absolute atomic E-state index is 0.475. The Bertz CT molecular complexity index is 791. The third-order valence-electron chi connectivity index (χ3n) is 3.58. The molecular formula is C15H16N4OS. The van der Waals surface area contributed by atoms with Crippen LogP contribution in [0.1, 0.15) is 22.9 Å². The van der Waals surface area contributed by atoms with Crippen LogP contribution in [0.5, 0.6) is 0 Å². The van der Waals surface area contributed by atoms with Crippen molar-refractivity contribution in [3.05, 3.63) is 34.5 Å². The van der Waals surface area contributed by atoms with Crippen LogP contribution in [0.2, 0.25) is 0 Å². The molecule has 0 atom stereocenters. The molecule has 3 aromatic rings. The number of nitrogens with zero attached hydrogens (tertiary/aromatic N) is 3. The SMILES string of the molecule is CCc1cnccc1-c1noc(-c2c(N)sc(C)c2C)n1. The first-order valence-corrected chi connectivity index (χ1v) is 7.56. The molecule has 0 aromatic carbocycles. The molecule has 0 saturated heterocycles. The maximum Gasteiger partial charge on any atom is 0.261 e. The maximum absolute atomic E-state index is 6.06. The summed E-state index contributed by atoms with van der Waals surface area (Å²) < 4.78 is 5.42. The summed E-state index contributed by atoms with van der Waals surface area (Å²) in [6, 6.07) is 1.91. The Kier molecular flexibility index (Phi) is 3.47. The smallest absolute Gasteiger partial charge is 0.261 e. The fourth-order valence-electron chi connectivity index (χ4n) is 2.28. The predicted octanol–water partition coefficient (Wildman–Crippen LogP) is 3.62. The molecule has 0 fully saturated rings. The van der Waals surface area contributed by atoms with Gasteiger partial charge < -0.3 is 10.3 Å². The summed E-state index contributed by atoms with van der Waals surface area (Å²) in [4.78, 5) is 9.82. The summed E-state index contributed by atoms with van der Waals surface area (Å²) in [5.41, 5.74) is 10.0. The predicted molar refractivity (Wildman–Crippen MR) is 84.1 cm³/mol. The van der Waals surface area contributed by atoms with Crippen molar-refractivity contribution >= 4 is 16.3 Å². The van der Waals surface area contributed by atoms with Crippen LogP contribution in [0.4, 0.5) is 5.00 Å². The molecule has 3 rings (SSSR count). The molecule has 5 nitrogen and oxygen atoms in total. The van der Waals surface area contributed by atoms with Gasteiger partial charge in [-0.05, 0) is 37.5 Å². The Labute approximate surface area is 126 Å². The zero-order valence-corrected chi connectivity index (χ0v) is 13.0. The van der Waals surface area contributed by atoms with Gasteiger partial charge in [-0.25, -0.2) is 0 Å². The van der Waals surface area contributed by atoms with Crippen molar-refractivity contribution in [2.24, 2.45) is 0 Å². The summed E-state index contributed by atoms with van der Waals surface area (Å²) in [5, 5.41) is 4.81. The molecule has 108 valence electrons. The van der Waals surface area contributed by atoms with E-state index in [4.69, 9.17) is 10.3 Å². The van der Waals surface area contributed by atoms with Crippen LogP contribution in [0.15, 0.2) is 23.0 Å².